The molecule has 0 aliphatic carbocycles. The molecule has 5 nitrogen and oxygen atoms in total. The second-order valence-electron chi connectivity index (χ2n) is 4.19. The van der Waals surface area contributed by atoms with Crippen LogP contribution in [-0.2, 0) is 10.0 Å². The quantitative estimate of drug-likeness (QED) is 0.907. The van der Waals surface area contributed by atoms with Crippen molar-refractivity contribution < 1.29 is 13.2 Å². The molecule has 2 N–H and O–H groups in total. The van der Waals surface area contributed by atoms with Crippen LogP contribution in [0.3, 0.4) is 0 Å². The van der Waals surface area contributed by atoms with Crippen LogP contribution in [0.5, 0.6) is 0 Å². The van der Waals surface area contributed by atoms with Crippen LogP contribution in [0.25, 0.3) is 0 Å². The Morgan fingerprint density at radius 2 is 1.67 bits per heavy atom. The fourth-order valence-electron chi connectivity index (χ4n) is 1.71. The van der Waals surface area contributed by atoms with E-state index in [4.69, 9.17) is 11.6 Å². The zero-order valence-corrected chi connectivity index (χ0v) is 12.7. The standard InChI is InChI=1S/C14H13ClN2O3S/c1-16-14(18)10-6-8-11(9-7-10)17-21(19,20)13-5-3-2-4-12(13)15/h2-9,17H,1H3,(H,16,18). The zero-order chi connectivity index (χ0) is 15.5. The Kier molecular flexibility index (Phi) is 4.50. The van der Waals surface area contributed by atoms with E-state index in [9.17, 15) is 13.2 Å². The number of hydrogen-bond donors (Lipinski definition) is 2. The van der Waals surface area contributed by atoms with E-state index in [0.717, 1.165) is 0 Å². The van der Waals surface area contributed by atoms with Crippen molar-refractivity contribution in [3.05, 3.63) is 59.1 Å². The summed E-state index contributed by atoms with van der Waals surface area (Å²) in [6.45, 7) is 0. The van der Waals surface area contributed by atoms with E-state index in [1.165, 1.54) is 43.4 Å². The van der Waals surface area contributed by atoms with Gasteiger partial charge in [0, 0.05) is 18.3 Å². The molecule has 2 rings (SSSR count). The smallest absolute Gasteiger partial charge is 0.263 e. The average Bonchev–Trinajstić information content (AvgIpc) is 2.47. The number of hydrogen-bond acceptors (Lipinski definition) is 3. The fourth-order valence-corrected chi connectivity index (χ4v) is 3.29. The van der Waals surface area contributed by atoms with Crippen LogP contribution in [0.4, 0.5) is 5.69 Å². The molecule has 0 atom stereocenters. The van der Waals surface area contributed by atoms with Crippen LogP contribution in [-0.4, -0.2) is 21.4 Å². The van der Waals surface area contributed by atoms with Crippen molar-refractivity contribution in [3.8, 4) is 0 Å². The van der Waals surface area contributed by atoms with Gasteiger partial charge in [-0.05, 0) is 36.4 Å². The predicted octanol–water partition coefficient (Wildman–Crippen LogP) is 2.50. The molecule has 0 aliphatic heterocycles. The number of sulfonamides is 1. The van der Waals surface area contributed by atoms with Gasteiger partial charge >= 0.3 is 0 Å². The van der Waals surface area contributed by atoms with E-state index in [1.54, 1.807) is 12.1 Å². The van der Waals surface area contributed by atoms with Gasteiger partial charge in [-0.3, -0.25) is 9.52 Å². The summed E-state index contributed by atoms with van der Waals surface area (Å²) in [6.07, 6.45) is 0. The van der Waals surface area contributed by atoms with Crippen molar-refractivity contribution in [2.75, 3.05) is 11.8 Å². The van der Waals surface area contributed by atoms with Crippen LogP contribution >= 0.6 is 11.6 Å². The molecule has 110 valence electrons. The molecule has 0 aromatic heterocycles. The van der Waals surface area contributed by atoms with Gasteiger partial charge in [0.1, 0.15) is 4.90 Å². The summed E-state index contributed by atoms with van der Waals surface area (Å²) in [5.74, 6) is -0.240. The fraction of sp³-hybridized carbons (Fsp3) is 0.0714. The summed E-state index contributed by atoms with van der Waals surface area (Å²) < 4.78 is 26.9. The lowest BCUT2D eigenvalue weighted by Crippen LogP contribution is -2.18. The maximum atomic E-state index is 12.2. The van der Waals surface area contributed by atoms with Gasteiger partial charge in [-0.2, -0.15) is 0 Å². The molecule has 1 amide bonds. The van der Waals surface area contributed by atoms with Crippen LogP contribution in [0, 0.1) is 0 Å². The van der Waals surface area contributed by atoms with Crippen LogP contribution in [0.1, 0.15) is 10.4 Å². The Bertz CT molecular complexity index is 758. The minimum Gasteiger partial charge on any atom is -0.355 e. The Morgan fingerprint density at radius 3 is 2.24 bits per heavy atom. The molecule has 0 saturated carbocycles. The van der Waals surface area contributed by atoms with Gasteiger partial charge in [0.25, 0.3) is 15.9 Å². The van der Waals surface area contributed by atoms with Crippen LogP contribution < -0.4 is 10.0 Å². The van der Waals surface area contributed by atoms with E-state index in [1.807, 2.05) is 0 Å². The minimum atomic E-state index is -3.77. The summed E-state index contributed by atoms with van der Waals surface area (Å²) in [5.41, 5.74) is 0.792. The minimum absolute atomic E-state index is 0.00189. The van der Waals surface area contributed by atoms with E-state index >= 15 is 0 Å². The molecule has 0 saturated heterocycles. The molecule has 0 spiro atoms. The second-order valence-corrected chi connectivity index (χ2v) is 6.25. The topological polar surface area (TPSA) is 75.3 Å². The molecular weight excluding hydrogens is 312 g/mol. The molecule has 0 bridgehead atoms. The van der Waals surface area contributed by atoms with Gasteiger partial charge in [-0.15, -0.1) is 0 Å². The highest BCUT2D eigenvalue weighted by Gasteiger charge is 2.17. The molecule has 0 unspecified atom stereocenters. The maximum absolute atomic E-state index is 12.2. The zero-order valence-electron chi connectivity index (χ0n) is 11.1. The molecule has 21 heavy (non-hydrogen) atoms. The van der Waals surface area contributed by atoms with Crippen molar-refractivity contribution in [2.45, 2.75) is 4.90 Å². The number of nitrogens with one attached hydrogen (secondary N) is 2. The lowest BCUT2D eigenvalue weighted by molar-refractivity contribution is 0.0963. The summed E-state index contributed by atoms with van der Waals surface area (Å²) in [6, 6.07) is 12.3. The van der Waals surface area contributed by atoms with Crippen molar-refractivity contribution in [2.24, 2.45) is 0 Å². The third kappa shape index (κ3) is 3.53. The second kappa shape index (κ2) is 6.15. The van der Waals surface area contributed by atoms with E-state index in [0.29, 0.717) is 11.3 Å². The van der Waals surface area contributed by atoms with E-state index < -0.39 is 10.0 Å². The number of benzene rings is 2. The third-order valence-electron chi connectivity index (χ3n) is 2.75. The van der Waals surface area contributed by atoms with E-state index in [2.05, 4.69) is 10.0 Å². The predicted molar refractivity (Wildman–Crippen MR) is 82.1 cm³/mol. The Balaban J connectivity index is 2.25. The number of carbonyl (C=O) groups excluding carboxylic acids is 1. The van der Waals surface area contributed by atoms with Crippen LogP contribution in [0.15, 0.2) is 53.4 Å². The third-order valence-corrected chi connectivity index (χ3v) is 4.63. The van der Waals surface area contributed by atoms with Crippen LogP contribution in [0.2, 0.25) is 5.02 Å². The first-order valence-corrected chi connectivity index (χ1v) is 7.89. The maximum Gasteiger partial charge on any atom is 0.263 e. The summed E-state index contributed by atoms with van der Waals surface area (Å²) in [5, 5.41) is 2.63. The Labute approximate surface area is 128 Å². The highest BCUT2D eigenvalue weighted by atomic mass is 35.5. The van der Waals surface area contributed by atoms with Crippen molar-refractivity contribution in [3.63, 3.8) is 0 Å². The summed E-state index contributed by atoms with van der Waals surface area (Å²) >= 11 is 5.89. The van der Waals surface area contributed by atoms with E-state index in [-0.39, 0.29) is 15.8 Å². The first kappa shape index (κ1) is 15.3. The number of rotatable bonds is 4. The lowest BCUT2D eigenvalue weighted by Gasteiger charge is -2.09. The molecular formula is C14H13ClN2O3S. The Morgan fingerprint density at radius 1 is 1.05 bits per heavy atom. The van der Waals surface area contributed by atoms with Crippen molar-refractivity contribution in [1.82, 2.24) is 5.32 Å². The normalized spacial score (nSPS) is 11.0. The van der Waals surface area contributed by atoms with Gasteiger partial charge in [0.2, 0.25) is 0 Å². The molecule has 2 aromatic rings. The van der Waals surface area contributed by atoms with Gasteiger partial charge in [0.05, 0.1) is 5.02 Å². The highest BCUT2D eigenvalue weighted by Crippen LogP contribution is 2.23. The van der Waals surface area contributed by atoms with Crippen molar-refractivity contribution in [1.29, 1.82) is 0 Å². The number of halogens is 1. The molecule has 0 fully saturated rings. The monoisotopic (exact) mass is 324 g/mol. The molecule has 0 radical (unpaired) electrons. The van der Waals surface area contributed by atoms with Gasteiger partial charge in [-0.1, -0.05) is 23.7 Å². The molecule has 2 aromatic carbocycles. The van der Waals surface area contributed by atoms with Gasteiger partial charge < -0.3 is 5.32 Å². The molecule has 0 heterocycles. The molecule has 7 heteroatoms. The first-order valence-electron chi connectivity index (χ1n) is 6.03. The number of anilines is 1. The summed E-state index contributed by atoms with van der Waals surface area (Å²) in [4.78, 5) is 11.4. The van der Waals surface area contributed by atoms with Gasteiger partial charge in [-0.25, -0.2) is 8.42 Å². The van der Waals surface area contributed by atoms with Gasteiger partial charge in [0.15, 0.2) is 0 Å². The first-order chi connectivity index (χ1) is 9.94. The highest BCUT2D eigenvalue weighted by molar-refractivity contribution is 7.92. The SMILES string of the molecule is CNC(=O)c1ccc(NS(=O)(=O)c2ccccc2Cl)cc1. The largest absolute Gasteiger partial charge is 0.355 e. The Hall–Kier alpha value is -2.05. The average molecular weight is 325 g/mol. The molecule has 0 aliphatic rings. The van der Waals surface area contributed by atoms with Crippen molar-refractivity contribution >= 4 is 33.2 Å². The number of carbonyl (C=O) groups is 1. The lowest BCUT2D eigenvalue weighted by atomic mass is 10.2. The summed E-state index contributed by atoms with van der Waals surface area (Å²) in [7, 11) is -2.24. The number of amides is 1.